The molecule has 8 heteroatoms. The van der Waals surface area contributed by atoms with Gasteiger partial charge < -0.3 is 19.6 Å². The van der Waals surface area contributed by atoms with Crippen LogP contribution in [0.25, 0.3) is 0 Å². The lowest BCUT2D eigenvalue weighted by molar-refractivity contribution is -0.301. The number of hydrogen-bond donors (Lipinski definition) is 1. The fourth-order valence-corrected chi connectivity index (χ4v) is 1.89. The Morgan fingerprint density at radius 1 is 1.58 bits per heavy atom. The quantitative estimate of drug-likeness (QED) is 0.557. The molecule has 1 heterocycles. The van der Waals surface area contributed by atoms with E-state index in [1.54, 1.807) is 13.0 Å². The number of hydrogen-bond acceptors (Lipinski definition) is 7. The van der Waals surface area contributed by atoms with Crippen molar-refractivity contribution in [2.45, 2.75) is 11.9 Å². The number of H-pyrrole nitrogens is 1. The van der Waals surface area contributed by atoms with Crippen molar-refractivity contribution in [3.05, 3.63) is 27.5 Å². The Morgan fingerprint density at radius 2 is 2.26 bits per heavy atom. The second-order valence-electron chi connectivity index (χ2n) is 3.25. The van der Waals surface area contributed by atoms with Gasteiger partial charge in [-0.05, 0) is 13.0 Å². The molecule has 0 spiro atoms. The van der Waals surface area contributed by atoms with Crippen molar-refractivity contribution in [3.8, 4) is 6.07 Å². The molecule has 0 unspecified atom stereocenters. The predicted molar refractivity (Wildman–Crippen MR) is 63.5 cm³/mol. The summed E-state index contributed by atoms with van der Waals surface area (Å²) < 4.78 is 4.67. The minimum Gasteiger partial charge on any atom is -0.549 e. The summed E-state index contributed by atoms with van der Waals surface area (Å²) in [5, 5.41) is 19.3. The molecule has 1 rings (SSSR count). The summed E-state index contributed by atoms with van der Waals surface area (Å²) in [5.41, 5.74) is -1.04. The number of rotatable bonds is 5. The van der Waals surface area contributed by atoms with E-state index in [1.165, 1.54) is 0 Å². The summed E-state index contributed by atoms with van der Waals surface area (Å²) >= 11 is 0.735. The molecular weight excluding hydrogens is 272 g/mol. The van der Waals surface area contributed by atoms with Gasteiger partial charge in [-0.25, -0.2) is 4.79 Å². The van der Waals surface area contributed by atoms with E-state index in [0.29, 0.717) is 0 Å². The smallest absolute Gasteiger partial charge is 0.343 e. The Hall–Kier alpha value is -2.27. The molecule has 0 aliphatic rings. The van der Waals surface area contributed by atoms with Crippen LogP contribution in [0, 0.1) is 11.3 Å². The molecule has 1 aromatic heterocycles. The number of carbonyl (C=O) groups excluding carboxylic acids is 2. The van der Waals surface area contributed by atoms with E-state index in [-0.39, 0.29) is 22.8 Å². The van der Waals surface area contributed by atoms with Gasteiger partial charge in [0.1, 0.15) is 11.6 Å². The number of pyridine rings is 1. The number of aliphatic carboxylic acids is 1. The molecule has 0 bridgehead atoms. The standard InChI is InChI=1S/C11H10N2O5S/c1-2-18-11(17)7-3-6(4-12)10(13-9(7)16)19-5-8(14)15/h3H,2,5H2,1H3,(H,13,16)(H,14,15)/p-1. The minimum absolute atomic E-state index is 0.00565. The van der Waals surface area contributed by atoms with Gasteiger partial charge in [-0.15, -0.1) is 11.8 Å². The molecule has 0 aliphatic heterocycles. The third-order valence-electron chi connectivity index (χ3n) is 1.96. The largest absolute Gasteiger partial charge is 0.549 e. The SMILES string of the molecule is CCOC(=O)c1cc(C#N)c(SCC(=O)[O-])[nH]c1=O. The molecule has 0 atom stereocenters. The minimum atomic E-state index is -1.33. The Balaban J connectivity index is 3.15. The van der Waals surface area contributed by atoms with Crippen LogP contribution < -0.4 is 10.7 Å². The second kappa shape index (κ2) is 6.61. The van der Waals surface area contributed by atoms with Crippen molar-refractivity contribution in [2.75, 3.05) is 12.4 Å². The van der Waals surface area contributed by atoms with Crippen LogP contribution in [0.3, 0.4) is 0 Å². The van der Waals surface area contributed by atoms with Crippen LogP contribution in [-0.2, 0) is 9.53 Å². The maximum Gasteiger partial charge on any atom is 0.343 e. The fourth-order valence-electron chi connectivity index (χ4n) is 1.20. The van der Waals surface area contributed by atoms with Gasteiger partial charge in [-0.3, -0.25) is 4.79 Å². The first-order chi connectivity index (χ1) is 8.99. The van der Waals surface area contributed by atoms with E-state index in [0.717, 1.165) is 17.8 Å². The number of aromatic amines is 1. The van der Waals surface area contributed by atoms with E-state index in [1.807, 2.05) is 0 Å². The van der Waals surface area contributed by atoms with Gasteiger partial charge in [-0.2, -0.15) is 5.26 Å². The van der Waals surface area contributed by atoms with Gasteiger partial charge in [0, 0.05) is 5.75 Å². The van der Waals surface area contributed by atoms with Crippen LogP contribution in [0.5, 0.6) is 0 Å². The average molecular weight is 281 g/mol. The van der Waals surface area contributed by atoms with Crippen LogP contribution >= 0.6 is 11.8 Å². The first-order valence-corrected chi connectivity index (χ1v) is 6.15. The highest BCUT2D eigenvalue weighted by Crippen LogP contribution is 2.18. The molecule has 100 valence electrons. The Morgan fingerprint density at radius 3 is 2.79 bits per heavy atom. The van der Waals surface area contributed by atoms with E-state index >= 15 is 0 Å². The third kappa shape index (κ3) is 3.86. The van der Waals surface area contributed by atoms with Crippen molar-refractivity contribution >= 4 is 23.7 Å². The molecule has 1 aromatic rings. The number of aromatic nitrogens is 1. The number of carboxylic acid groups (broad SMARTS) is 1. The molecule has 0 saturated heterocycles. The summed E-state index contributed by atoms with van der Waals surface area (Å²) in [5.74, 6) is -2.58. The van der Waals surface area contributed by atoms with E-state index in [4.69, 9.17) is 5.26 Å². The van der Waals surface area contributed by atoms with Crippen molar-refractivity contribution in [3.63, 3.8) is 0 Å². The Kier molecular flexibility index (Phi) is 5.14. The molecule has 7 nitrogen and oxygen atoms in total. The van der Waals surface area contributed by atoms with Crippen molar-refractivity contribution in [1.29, 1.82) is 5.26 Å². The normalized spacial score (nSPS) is 9.68. The lowest BCUT2D eigenvalue weighted by Gasteiger charge is -2.06. The second-order valence-corrected chi connectivity index (χ2v) is 4.23. The van der Waals surface area contributed by atoms with Crippen molar-refractivity contribution in [1.82, 2.24) is 4.98 Å². The summed E-state index contributed by atoms with van der Waals surface area (Å²) in [7, 11) is 0. The van der Waals surface area contributed by atoms with Crippen LogP contribution in [0.15, 0.2) is 15.9 Å². The number of esters is 1. The zero-order valence-corrected chi connectivity index (χ0v) is 10.7. The number of ether oxygens (including phenoxy) is 1. The molecule has 0 saturated carbocycles. The number of carboxylic acids is 1. The van der Waals surface area contributed by atoms with Crippen LogP contribution in [0.4, 0.5) is 0 Å². The van der Waals surface area contributed by atoms with Gasteiger partial charge in [-0.1, -0.05) is 0 Å². The van der Waals surface area contributed by atoms with Crippen LogP contribution in [0.1, 0.15) is 22.8 Å². The van der Waals surface area contributed by atoms with E-state index in [2.05, 4.69) is 9.72 Å². The molecule has 0 aliphatic carbocycles. The highest BCUT2D eigenvalue weighted by atomic mass is 32.2. The number of nitrogens with zero attached hydrogens (tertiary/aromatic N) is 1. The highest BCUT2D eigenvalue weighted by Gasteiger charge is 2.16. The summed E-state index contributed by atoms with van der Waals surface area (Å²) in [6.07, 6.45) is 0. The molecule has 0 radical (unpaired) electrons. The first-order valence-electron chi connectivity index (χ1n) is 5.16. The Labute approximate surface area is 112 Å². The molecule has 1 N–H and O–H groups in total. The number of nitrogens with one attached hydrogen (secondary N) is 1. The lowest BCUT2D eigenvalue weighted by atomic mass is 10.2. The van der Waals surface area contributed by atoms with E-state index in [9.17, 15) is 19.5 Å². The predicted octanol–water partition coefficient (Wildman–Crippen LogP) is -0.735. The van der Waals surface area contributed by atoms with Gasteiger partial charge in [0.2, 0.25) is 0 Å². The number of carbonyl (C=O) groups is 2. The van der Waals surface area contributed by atoms with Crippen molar-refractivity contribution < 1.29 is 19.4 Å². The van der Waals surface area contributed by atoms with Crippen molar-refractivity contribution in [2.24, 2.45) is 0 Å². The number of nitriles is 1. The maximum atomic E-state index is 11.6. The summed E-state index contributed by atoms with van der Waals surface area (Å²) in [6.45, 7) is 1.68. The van der Waals surface area contributed by atoms with Crippen LogP contribution in [-0.4, -0.2) is 29.3 Å². The Bertz CT molecular complexity index is 602. The molecule has 0 fully saturated rings. The molecular formula is C11H9N2O5S-. The van der Waals surface area contributed by atoms with Gasteiger partial charge in [0.25, 0.3) is 5.56 Å². The molecule has 19 heavy (non-hydrogen) atoms. The monoisotopic (exact) mass is 281 g/mol. The molecule has 0 aromatic carbocycles. The lowest BCUT2D eigenvalue weighted by Crippen LogP contribution is -2.25. The fraction of sp³-hybridized carbons (Fsp3) is 0.273. The topological polar surface area (TPSA) is 123 Å². The van der Waals surface area contributed by atoms with Crippen LogP contribution in [0.2, 0.25) is 0 Å². The summed E-state index contributed by atoms with van der Waals surface area (Å²) in [4.78, 5) is 35.7. The highest BCUT2D eigenvalue weighted by molar-refractivity contribution is 7.99. The zero-order chi connectivity index (χ0) is 14.4. The number of thioether (sulfide) groups is 1. The maximum absolute atomic E-state index is 11.6. The zero-order valence-electron chi connectivity index (χ0n) is 9.89. The summed E-state index contributed by atoms with van der Waals surface area (Å²) in [6, 6.07) is 2.85. The van der Waals surface area contributed by atoms with E-state index < -0.39 is 23.3 Å². The molecule has 0 amide bonds. The van der Waals surface area contributed by atoms with Gasteiger partial charge >= 0.3 is 5.97 Å². The van der Waals surface area contributed by atoms with Gasteiger partial charge in [0.15, 0.2) is 0 Å². The third-order valence-corrected chi connectivity index (χ3v) is 2.95. The first kappa shape index (κ1) is 14.8. The van der Waals surface area contributed by atoms with Gasteiger partial charge in [0.05, 0.1) is 23.2 Å². The average Bonchev–Trinajstić information content (AvgIpc) is 2.36.